The zero-order valence-electron chi connectivity index (χ0n) is 18.0. The molecule has 0 aliphatic carbocycles. The van der Waals surface area contributed by atoms with Gasteiger partial charge in [0.15, 0.2) is 0 Å². The Morgan fingerprint density at radius 3 is 2.14 bits per heavy atom. The maximum Gasteiger partial charge on any atom is 1.00 e. The van der Waals surface area contributed by atoms with Crippen molar-refractivity contribution in [2.75, 3.05) is 13.1 Å². The monoisotopic (exact) mass is 401 g/mol. The molecule has 3 nitrogen and oxygen atoms in total. The van der Waals surface area contributed by atoms with Crippen LogP contribution in [0.4, 0.5) is 0 Å². The number of hydrogen-bond donors (Lipinski definition) is 0. The molecular weight excluding hydrogens is 369 g/mol. The van der Waals surface area contributed by atoms with Crippen LogP contribution in [0.5, 0.6) is 0 Å². The van der Waals surface area contributed by atoms with Crippen LogP contribution in [-0.4, -0.2) is 24.0 Å². The van der Waals surface area contributed by atoms with E-state index in [1.54, 1.807) is 12.1 Å². The van der Waals surface area contributed by atoms with E-state index in [0.717, 1.165) is 11.1 Å². The van der Waals surface area contributed by atoms with Crippen molar-refractivity contribution in [2.45, 2.75) is 64.3 Å². The molecule has 0 bridgehead atoms. The van der Waals surface area contributed by atoms with Crippen LogP contribution >= 0.6 is 0 Å². The van der Waals surface area contributed by atoms with E-state index in [0.29, 0.717) is 6.04 Å². The third-order valence-corrected chi connectivity index (χ3v) is 5.91. The molecule has 2 aromatic carbocycles. The van der Waals surface area contributed by atoms with Gasteiger partial charge >= 0.3 is 29.6 Å². The van der Waals surface area contributed by atoms with Crippen molar-refractivity contribution in [1.29, 1.82) is 0 Å². The van der Waals surface area contributed by atoms with Crippen molar-refractivity contribution in [3.8, 4) is 11.1 Å². The van der Waals surface area contributed by atoms with Gasteiger partial charge in [-0.2, -0.15) is 0 Å². The minimum absolute atomic E-state index is 0. The maximum atomic E-state index is 10.9. The fourth-order valence-corrected chi connectivity index (χ4v) is 4.26. The topological polar surface area (TPSA) is 43.4 Å². The van der Waals surface area contributed by atoms with Crippen molar-refractivity contribution in [2.24, 2.45) is 0 Å². The van der Waals surface area contributed by atoms with Crippen LogP contribution in [0.2, 0.25) is 0 Å². The summed E-state index contributed by atoms with van der Waals surface area (Å²) in [6.07, 6.45) is 10.6. The van der Waals surface area contributed by atoms with Gasteiger partial charge in [0.2, 0.25) is 0 Å². The minimum atomic E-state index is -1.13. The van der Waals surface area contributed by atoms with Gasteiger partial charge in [0.25, 0.3) is 0 Å². The second-order valence-corrected chi connectivity index (χ2v) is 7.95. The summed E-state index contributed by atoms with van der Waals surface area (Å²) >= 11 is 0. The van der Waals surface area contributed by atoms with E-state index in [1.807, 2.05) is 12.1 Å². The molecule has 0 unspecified atom stereocenters. The van der Waals surface area contributed by atoms with Crippen LogP contribution in [0.1, 0.15) is 80.3 Å². The van der Waals surface area contributed by atoms with E-state index in [2.05, 4.69) is 36.1 Å². The van der Waals surface area contributed by atoms with Crippen LogP contribution in [0.15, 0.2) is 48.5 Å². The Hall–Kier alpha value is -1.13. The standard InChI is InChI=1S/C25H33NO2.Na/c1-2-3-4-5-6-7-18-26-19-8-9-24(26)22-14-10-20(11-15-22)21-12-16-23(17-13-21)25(27)28;/h10-17,24H,2-9,18-19H2,1H3,(H,27,28);/q;+1/p-1/t24-;/m0./s1. The van der Waals surface area contributed by atoms with Gasteiger partial charge in [-0.05, 0) is 54.6 Å². The molecule has 0 aromatic heterocycles. The Labute approximate surface area is 197 Å². The van der Waals surface area contributed by atoms with Gasteiger partial charge in [-0.25, -0.2) is 0 Å². The largest absolute Gasteiger partial charge is 1.00 e. The molecule has 0 N–H and O–H groups in total. The average molecular weight is 402 g/mol. The Morgan fingerprint density at radius 1 is 0.931 bits per heavy atom. The number of carbonyl (C=O) groups excluding carboxylic acids is 1. The molecule has 0 spiro atoms. The Bertz CT molecular complexity index is 742. The zero-order valence-corrected chi connectivity index (χ0v) is 20.0. The summed E-state index contributed by atoms with van der Waals surface area (Å²) in [6.45, 7) is 4.69. The summed E-state index contributed by atoms with van der Waals surface area (Å²) in [5.74, 6) is -1.13. The van der Waals surface area contributed by atoms with Gasteiger partial charge in [0.1, 0.15) is 0 Å². The number of benzene rings is 2. The number of carboxylic acid groups (broad SMARTS) is 1. The molecule has 1 atom stereocenters. The molecule has 4 heteroatoms. The van der Waals surface area contributed by atoms with E-state index in [1.165, 1.54) is 70.0 Å². The number of unbranched alkanes of at least 4 members (excludes halogenated alkanes) is 5. The van der Waals surface area contributed by atoms with Gasteiger partial charge < -0.3 is 9.90 Å². The summed E-state index contributed by atoms with van der Waals surface area (Å²) in [4.78, 5) is 13.6. The van der Waals surface area contributed by atoms with Gasteiger partial charge in [-0.15, -0.1) is 0 Å². The number of carbonyl (C=O) groups is 1. The van der Waals surface area contributed by atoms with Crippen LogP contribution in [-0.2, 0) is 0 Å². The summed E-state index contributed by atoms with van der Waals surface area (Å²) in [5.41, 5.74) is 3.77. The number of aromatic carboxylic acids is 1. The maximum absolute atomic E-state index is 10.9. The van der Waals surface area contributed by atoms with Crippen LogP contribution in [0, 0.1) is 0 Å². The molecule has 0 radical (unpaired) electrons. The van der Waals surface area contributed by atoms with Crippen molar-refractivity contribution in [3.63, 3.8) is 0 Å². The molecule has 0 saturated carbocycles. The molecule has 1 fully saturated rings. The average Bonchev–Trinajstić information content (AvgIpc) is 3.19. The van der Waals surface area contributed by atoms with Crippen molar-refractivity contribution >= 4 is 5.97 Å². The predicted octanol–water partition coefficient (Wildman–Crippen LogP) is 2.22. The first kappa shape index (κ1) is 24.1. The molecule has 1 heterocycles. The predicted molar refractivity (Wildman–Crippen MR) is 113 cm³/mol. The van der Waals surface area contributed by atoms with Gasteiger partial charge in [-0.1, -0.05) is 87.6 Å². The molecular formula is C25H32NNaO2. The van der Waals surface area contributed by atoms with E-state index in [9.17, 15) is 9.90 Å². The first-order valence-electron chi connectivity index (χ1n) is 10.8. The summed E-state index contributed by atoms with van der Waals surface area (Å²) in [7, 11) is 0. The Morgan fingerprint density at radius 2 is 1.52 bits per heavy atom. The first-order chi connectivity index (χ1) is 13.7. The second-order valence-electron chi connectivity index (χ2n) is 7.95. The van der Waals surface area contributed by atoms with Crippen molar-refractivity contribution in [3.05, 3.63) is 59.7 Å². The fourth-order valence-electron chi connectivity index (χ4n) is 4.26. The van der Waals surface area contributed by atoms with Gasteiger partial charge in [0.05, 0.1) is 5.97 Å². The van der Waals surface area contributed by atoms with Crippen LogP contribution < -0.4 is 34.7 Å². The minimum Gasteiger partial charge on any atom is -0.545 e. The Balaban J connectivity index is 0.00000300. The van der Waals surface area contributed by atoms with E-state index < -0.39 is 5.97 Å². The number of carboxylic acids is 1. The number of hydrogen-bond acceptors (Lipinski definition) is 3. The number of nitrogens with zero attached hydrogens (tertiary/aromatic N) is 1. The SMILES string of the molecule is CCCCCCCCN1CCC[C@H]1c1ccc(-c2ccc(C(=O)[O-])cc2)cc1.[Na+]. The van der Waals surface area contributed by atoms with Crippen LogP contribution in [0.25, 0.3) is 11.1 Å². The van der Waals surface area contributed by atoms with E-state index >= 15 is 0 Å². The van der Waals surface area contributed by atoms with E-state index in [4.69, 9.17) is 0 Å². The second kappa shape index (κ2) is 12.5. The molecule has 29 heavy (non-hydrogen) atoms. The number of likely N-dealkylation sites (tertiary alicyclic amines) is 1. The Kier molecular flexibility index (Phi) is 10.4. The molecule has 1 aliphatic rings. The molecule has 1 saturated heterocycles. The van der Waals surface area contributed by atoms with Crippen molar-refractivity contribution < 1.29 is 39.5 Å². The van der Waals surface area contributed by atoms with Gasteiger partial charge in [0, 0.05) is 6.04 Å². The molecule has 150 valence electrons. The third-order valence-electron chi connectivity index (χ3n) is 5.91. The summed E-state index contributed by atoms with van der Waals surface area (Å²) in [5, 5.41) is 10.9. The molecule has 1 aliphatic heterocycles. The third kappa shape index (κ3) is 6.96. The molecule has 0 amide bonds. The normalized spacial score (nSPS) is 16.5. The molecule has 3 rings (SSSR count). The fraction of sp³-hybridized carbons (Fsp3) is 0.480. The summed E-state index contributed by atoms with van der Waals surface area (Å²) in [6, 6.07) is 16.3. The first-order valence-corrected chi connectivity index (χ1v) is 10.8. The quantitative estimate of drug-likeness (QED) is 0.453. The number of rotatable bonds is 10. The van der Waals surface area contributed by atoms with E-state index in [-0.39, 0.29) is 35.1 Å². The zero-order chi connectivity index (χ0) is 19.8. The van der Waals surface area contributed by atoms with Crippen LogP contribution in [0.3, 0.4) is 0 Å². The molecule has 2 aromatic rings. The van der Waals surface area contributed by atoms with Gasteiger partial charge in [-0.3, -0.25) is 4.90 Å². The smallest absolute Gasteiger partial charge is 0.545 e. The summed E-state index contributed by atoms with van der Waals surface area (Å²) < 4.78 is 0. The van der Waals surface area contributed by atoms with Crippen molar-refractivity contribution in [1.82, 2.24) is 4.90 Å².